The van der Waals surface area contributed by atoms with Crippen LogP contribution in [0.2, 0.25) is 0 Å². The lowest BCUT2D eigenvalue weighted by Crippen LogP contribution is -2.16. The summed E-state index contributed by atoms with van der Waals surface area (Å²) >= 11 is 3.36. The van der Waals surface area contributed by atoms with Crippen LogP contribution in [0.4, 0.5) is 0 Å². The Morgan fingerprint density at radius 3 is 2.68 bits per heavy atom. The molecule has 2 unspecified atom stereocenters. The molecule has 0 amide bonds. The minimum absolute atomic E-state index is 0.167. The molecule has 0 radical (unpaired) electrons. The second-order valence-corrected chi connectivity index (χ2v) is 8.63. The molecule has 0 aromatic heterocycles. The van der Waals surface area contributed by atoms with Gasteiger partial charge in [-0.1, -0.05) is 19.4 Å². The van der Waals surface area contributed by atoms with Crippen LogP contribution in [0.25, 0.3) is 0 Å². The quantitative estimate of drug-likeness (QED) is 0.721. The molecular formula is C16H21BrO4S. The topological polar surface area (TPSA) is 60.4 Å². The summed E-state index contributed by atoms with van der Waals surface area (Å²) < 4.78 is 29.2. The predicted octanol–water partition coefficient (Wildman–Crippen LogP) is 3.69. The van der Waals surface area contributed by atoms with Gasteiger partial charge in [0.25, 0.3) is 0 Å². The summed E-state index contributed by atoms with van der Waals surface area (Å²) in [6, 6.07) is 5.43. The SMILES string of the molecule is CCC(=O)OCC1CCCC1c1ccc(S(C)(=O)=O)c(Br)c1. The van der Waals surface area contributed by atoms with E-state index in [1.165, 1.54) is 6.26 Å². The standard InChI is InChI=1S/C16H21BrO4S/c1-3-16(18)21-10-12-5-4-6-13(12)11-7-8-15(14(17)9-11)22(2,19)20/h7-9,12-13H,3-6,10H2,1-2H3. The second kappa shape index (κ2) is 7.13. The number of hydrogen-bond acceptors (Lipinski definition) is 4. The third-order valence-electron chi connectivity index (χ3n) is 4.19. The molecule has 6 heteroatoms. The van der Waals surface area contributed by atoms with Crippen molar-refractivity contribution in [3.63, 3.8) is 0 Å². The summed E-state index contributed by atoms with van der Waals surface area (Å²) in [4.78, 5) is 11.6. The van der Waals surface area contributed by atoms with Crippen molar-refractivity contribution in [1.29, 1.82) is 0 Å². The fraction of sp³-hybridized carbons (Fsp3) is 0.562. The highest BCUT2D eigenvalue weighted by Crippen LogP contribution is 2.41. The molecule has 1 saturated carbocycles. The van der Waals surface area contributed by atoms with Gasteiger partial charge >= 0.3 is 5.97 Å². The van der Waals surface area contributed by atoms with E-state index in [1.807, 2.05) is 12.1 Å². The Morgan fingerprint density at radius 1 is 1.36 bits per heavy atom. The zero-order valence-corrected chi connectivity index (χ0v) is 15.2. The molecule has 0 heterocycles. The summed E-state index contributed by atoms with van der Waals surface area (Å²) in [5.74, 6) is 0.459. The molecule has 1 fully saturated rings. The Kier molecular flexibility index (Phi) is 5.66. The number of carbonyl (C=O) groups excluding carboxylic acids is 1. The summed E-state index contributed by atoms with van der Waals surface area (Å²) in [6.45, 7) is 2.23. The smallest absolute Gasteiger partial charge is 0.305 e. The molecule has 1 aliphatic carbocycles. The van der Waals surface area contributed by atoms with E-state index in [0.29, 0.717) is 34.2 Å². The van der Waals surface area contributed by atoms with Gasteiger partial charge in [0.1, 0.15) is 0 Å². The number of halogens is 1. The summed E-state index contributed by atoms with van der Waals surface area (Å²) in [7, 11) is -3.23. The van der Waals surface area contributed by atoms with Crippen LogP contribution in [0.1, 0.15) is 44.1 Å². The molecule has 2 rings (SSSR count). The molecule has 1 aromatic rings. The van der Waals surface area contributed by atoms with Gasteiger partial charge in [-0.2, -0.15) is 0 Å². The van der Waals surface area contributed by atoms with E-state index in [-0.39, 0.29) is 5.97 Å². The number of hydrogen-bond donors (Lipinski definition) is 0. The van der Waals surface area contributed by atoms with Gasteiger partial charge in [-0.3, -0.25) is 4.79 Å². The molecule has 0 N–H and O–H groups in total. The maximum atomic E-state index is 11.7. The van der Waals surface area contributed by atoms with Gasteiger partial charge in [-0.25, -0.2) is 8.42 Å². The predicted molar refractivity (Wildman–Crippen MR) is 88.6 cm³/mol. The summed E-state index contributed by atoms with van der Waals surface area (Å²) in [5.41, 5.74) is 1.11. The maximum Gasteiger partial charge on any atom is 0.305 e. The molecule has 22 heavy (non-hydrogen) atoms. The number of ether oxygens (including phenoxy) is 1. The van der Waals surface area contributed by atoms with Crippen LogP contribution in [-0.2, 0) is 19.4 Å². The van der Waals surface area contributed by atoms with E-state index in [9.17, 15) is 13.2 Å². The zero-order chi connectivity index (χ0) is 16.3. The highest BCUT2D eigenvalue weighted by molar-refractivity contribution is 9.10. The Morgan fingerprint density at radius 2 is 2.09 bits per heavy atom. The van der Waals surface area contributed by atoms with Crippen molar-refractivity contribution in [3.8, 4) is 0 Å². The normalized spacial score (nSPS) is 21.8. The Balaban J connectivity index is 2.16. The third-order valence-corrected chi connectivity index (χ3v) is 6.26. The van der Waals surface area contributed by atoms with E-state index < -0.39 is 9.84 Å². The molecule has 2 atom stereocenters. The van der Waals surface area contributed by atoms with Crippen molar-refractivity contribution in [3.05, 3.63) is 28.2 Å². The van der Waals surface area contributed by atoms with Gasteiger partial charge in [0.2, 0.25) is 0 Å². The lowest BCUT2D eigenvalue weighted by molar-refractivity contribution is -0.144. The van der Waals surface area contributed by atoms with Crippen molar-refractivity contribution >= 4 is 31.7 Å². The molecule has 0 spiro atoms. The van der Waals surface area contributed by atoms with Crippen molar-refractivity contribution in [1.82, 2.24) is 0 Å². The molecular weight excluding hydrogens is 368 g/mol. The van der Waals surface area contributed by atoms with E-state index in [1.54, 1.807) is 13.0 Å². The summed E-state index contributed by atoms with van der Waals surface area (Å²) in [6.07, 6.45) is 4.78. The molecule has 1 aromatic carbocycles. The Hall–Kier alpha value is -0.880. The lowest BCUT2D eigenvalue weighted by atomic mass is 9.89. The first-order valence-electron chi connectivity index (χ1n) is 7.48. The first kappa shape index (κ1) is 17.5. The van der Waals surface area contributed by atoms with Gasteiger partial charge < -0.3 is 4.74 Å². The van der Waals surface area contributed by atoms with Crippen molar-refractivity contribution in [2.24, 2.45) is 5.92 Å². The third kappa shape index (κ3) is 4.10. The van der Waals surface area contributed by atoms with Gasteiger partial charge in [0, 0.05) is 17.1 Å². The lowest BCUT2D eigenvalue weighted by Gasteiger charge is -2.20. The van der Waals surface area contributed by atoms with Crippen molar-refractivity contribution in [2.75, 3.05) is 12.9 Å². The largest absolute Gasteiger partial charge is 0.465 e. The average molecular weight is 389 g/mol. The van der Waals surface area contributed by atoms with Gasteiger partial charge in [0.15, 0.2) is 9.84 Å². The van der Waals surface area contributed by atoms with Crippen LogP contribution in [0.5, 0.6) is 0 Å². The highest BCUT2D eigenvalue weighted by Gasteiger charge is 2.30. The zero-order valence-electron chi connectivity index (χ0n) is 12.8. The molecule has 0 saturated heterocycles. The molecule has 4 nitrogen and oxygen atoms in total. The van der Waals surface area contributed by atoms with E-state index in [2.05, 4.69) is 15.9 Å². The minimum atomic E-state index is -3.23. The van der Waals surface area contributed by atoms with Crippen molar-refractivity contribution in [2.45, 2.75) is 43.4 Å². The summed E-state index contributed by atoms with van der Waals surface area (Å²) in [5, 5.41) is 0. The Bertz CT molecular complexity index is 654. The fourth-order valence-electron chi connectivity index (χ4n) is 3.03. The van der Waals surface area contributed by atoms with E-state index in [4.69, 9.17) is 4.74 Å². The van der Waals surface area contributed by atoms with Crippen LogP contribution in [0.3, 0.4) is 0 Å². The molecule has 0 bridgehead atoms. The van der Waals surface area contributed by atoms with Crippen LogP contribution in [-0.4, -0.2) is 27.2 Å². The van der Waals surface area contributed by atoms with Gasteiger partial charge in [-0.05, 0) is 58.3 Å². The van der Waals surface area contributed by atoms with E-state index >= 15 is 0 Å². The first-order chi connectivity index (χ1) is 10.3. The van der Waals surface area contributed by atoms with Crippen molar-refractivity contribution < 1.29 is 17.9 Å². The maximum absolute atomic E-state index is 11.7. The van der Waals surface area contributed by atoms with E-state index in [0.717, 1.165) is 24.8 Å². The fourth-order valence-corrected chi connectivity index (χ4v) is 5.03. The second-order valence-electron chi connectivity index (χ2n) is 5.80. The van der Waals surface area contributed by atoms with Gasteiger partial charge in [0.05, 0.1) is 11.5 Å². The number of esters is 1. The van der Waals surface area contributed by atoms with Gasteiger partial charge in [-0.15, -0.1) is 0 Å². The monoisotopic (exact) mass is 388 g/mol. The van der Waals surface area contributed by atoms with Crippen LogP contribution < -0.4 is 0 Å². The van der Waals surface area contributed by atoms with Crippen LogP contribution in [0.15, 0.2) is 27.6 Å². The number of sulfone groups is 1. The Labute approximate surface area is 140 Å². The first-order valence-corrected chi connectivity index (χ1v) is 10.2. The number of benzene rings is 1. The highest BCUT2D eigenvalue weighted by atomic mass is 79.9. The average Bonchev–Trinajstić information content (AvgIpc) is 2.91. The molecule has 122 valence electrons. The number of rotatable bonds is 5. The van der Waals surface area contributed by atoms with Crippen LogP contribution in [0, 0.1) is 5.92 Å². The van der Waals surface area contributed by atoms with Crippen LogP contribution >= 0.6 is 15.9 Å². The minimum Gasteiger partial charge on any atom is -0.465 e. The number of carbonyl (C=O) groups is 1. The molecule has 1 aliphatic rings. The molecule has 0 aliphatic heterocycles.